The van der Waals surface area contributed by atoms with E-state index in [9.17, 15) is 9.36 Å². The van der Waals surface area contributed by atoms with Crippen LogP contribution < -0.4 is 5.09 Å². The number of carbonyl (C=O) groups excluding carboxylic acids is 1. The molecule has 84 valence electrons. The lowest BCUT2D eigenvalue weighted by Gasteiger charge is -2.14. The Morgan fingerprint density at radius 1 is 1.43 bits per heavy atom. The molecule has 2 atom stereocenters. The van der Waals surface area contributed by atoms with Crippen LogP contribution in [0.15, 0.2) is 0 Å². The second-order valence-corrected chi connectivity index (χ2v) is 4.22. The van der Waals surface area contributed by atoms with Gasteiger partial charge < -0.3 is 9.26 Å². The molecule has 0 aromatic carbocycles. The van der Waals surface area contributed by atoms with Gasteiger partial charge in [0.05, 0.1) is 12.7 Å². The summed E-state index contributed by atoms with van der Waals surface area (Å²) in [4.78, 5) is 11.2. The first kappa shape index (κ1) is 13.6. The average Bonchev–Trinajstić information content (AvgIpc) is 2.02. The minimum atomic E-state index is -2.32. The van der Waals surface area contributed by atoms with Gasteiger partial charge in [-0.2, -0.15) is 0 Å². The molecule has 0 aliphatic heterocycles. The zero-order valence-electron chi connectivity index (χ0n) is 8.99. The third kappa shape index (κ3) is 6.13. The van der Waals surface area contributed by atoms with Gasteiger partial charge in [-0.3, -0.25) is 9.36 Å². The van der Waals surface area contributed by atoms with Crippen LogP contribution in [0.2, 0.25) is 0 Å². The van der Waals surface area contributed by atoms with E-state index >= 15 is 0 Å². The van der Waals surface area contributed by atoms with Crippen molar-refractivity contribution in [2.75, 3.05) is 6.61 Å². The third-order valence-corrected chi connectivity index (χ3v) is 2.53. The van der Waals surface area contributed by atoms with Crippen molar-refractivity contribution in [1.82, 2.24) is 5.09 Å². The summed E-state index contributed by atoms with van der Waals surface area (Å²) in [5.74, 6) is -0.418. The molecule has 0 fully saturated rings. The molecule has 5 nitrogen and oxygen atoms in total. The molecule has 6 heteroatoms. The molecule has 0 aliphatic rings. The Balaban J connectivity index is 3.88. The van der Waals surface area contributed by atoms with Crippen LogP contribution in [0.1, 0.15) is 27.7 Å². The summed E-state index contributed by atoms with van der Waals surface area (Å²) in [5, 5.41) is 2.54. The largest absolute Gasteiger partial charge is 0.462 e. The number of nitrogens with one attached hydrogen (secondary N) is 1. The van der Waals surface area contributed by atoms with Crippen LogP contribution in [0, 0.1) is 0 Å². The predicted molar refractivity (Wildman–Crippen MR) is 54.5 cm³/mol. The molecule has 0 saturated carbocycles. The molecule has 0 spiro atoms. The standard InChI is InChI=1S/C8H18NO4P/c1-5-12-14(11)9-7(4)8(10)13-6(2)3/h6-7,14H,5H2,1-4H3,(H,9,11)/t7-/m0/s1. The first-order valence-corrected chi connectivity index (χ1v) is 5.92. The fourth-order valence-corrected chi connectivity index (χ4v) is 1.56. The first-order valence-electron chi connectivity index (χ1n) is 4.61. The minimum Gasteiger partial charge on any atom is -0.462 e. The van der Waals surface area contributed by atoms with Gasteiger partial charge in [0.1, 0.15) is 6.04 Å². The van der Waals surface area contributed by atoms with E-state index in [1.165, 1.54) is 0 Å². The van der Waals surface area contributed by atoms with Gasteiger partial charge in [0.15, 0.2) is 0 Å². The van der Waals surface area contributed by atoms with Gasteiger partial charge in [0.25, 0.3) is 8.18 Å². The maximum Gasteiger partial charge on any atom is 0.323 e. The summed E-state index contributed by atoms with van der Waals surface area (Å²) >= 11 is 0. The van der Waals surface area contributed by atoms with Gasteiger partial charge in [-0.15, -0.1) is 0 Å². The van der Waals surface area contributed by atoms with Crippen LogP contribution >= 0.6 is 8.18 Å². The van der Waals surface area contributed by atoms with Gasteiger partial charge in [0, 0.05) is 0 Å². The van der Waals surface area contributed by atoms with Crippen molar-refractivity contribution in [2.24, 2.45) is 0 Å². The average molecular weight is 223 g/mol. The first-order chi connectivity index (χ1) is 6.47. The van der Waals surface area contributed by atoms with Crippen LogP contribution in [0.3, 0.4) is 0 Å². The van der Waals surface area contributed by atoms with Crippen molar-refractivity contribution in [1.29, 1.82) is 0 Å². The van der Waals surface area contributed by atoms with Crippen LogP contribution in [-0.4, -0.2) is 24.7 Å². The summed E-state index contributed by atoms with van der Waals surface area (Å²) < 4.78 is 20.8. The van der Waals surface area contributed by atoms with E-state index < -0.39 is 20.2 Å². The van der Waals surface area contributed by atoms with Crippen LogP contribution in [0.5, 0.6) is 0 Å². The molecular formula is C8H18NO4P. The Labute approximate surface area is 85.1 Å². The van der Waals surface area contributed by atoms with Crippen LogP contribution in [-0.2, 0) is 18.6 Å². The molecule has 0 rings (SSSR count). The van der Waals surface area contributed by atoms with E-state index in [1.54, 1.807) is 27.7 Å². The van der Waals surface area contributed by atoms with E-state index in [0.29, 0.717) is 6.61 Å². The van der Waals surface area contributed by atoms with Crippen molar-refractivity contribution in [2.45, 2.75) is 39.8 Å². The Morgan fingerprint density at radius 3 is 2.43 bits per heavy atom. The maximum absolute atomic E-state index is 11.2. The Hall–Kier alpha value is -0.380. The van der Waals surface area contributed by atoms with Crippen molar-refractivity contribution in [3.05, 3.63) is 0 Å². The van der Waals surface area contributed by atoms with Crippen molar-refractivity contribution >= 4 is 14.1 Å². The lowest BCUT2D eigenvalue weighted by molar-refractivity contribution is -0.148. The molecule has 0 bridgehead atoms. The van der Waals surface area contributed by atoms with Crippen LogP contribution in [0.4, 0.5) is 0 Å². The van der Waals surface area contributed by atoms with E-state index in [0.717, 1.165) is 0 Å². The van der Waals surface area contributed by atoms with E-state index in [4.69, 9.17) is 9.26 Å². The predicted octanol–water partition coefficient (Wildman–Crippen LogP) is 1.34. The highest BCUT2D eigenvalue weighted by Crippen LogP contribution is 2.16. The van der Waals surface area contributed by atoms with Gasteiger partial charge in [0.2, 0.25) is 0 Å². The van der Waals surface area contributed by atoms with Crippen molar-refractivity contribution < 1.29 is 18.6 Å². The Bertz CT molecular complexity index is 208. The second-order valence-electron chi connectivity index (χ2n) is 3.07. The van der Waals surface area contributed by atoms with E-state index in [-0.39, 0.29) is 6.10 Å². The third-order valence-electron chi connectivity index (χ3n) is 1.32. The minimum absolute atomic E-state index is 0.166. The number of hydrogen-bond donors (Lipinski definition) is 1. The SMILES string of the molecule is CCO[PH](=O)N[C@@H](C)C(=O)OC(C)C. The van der Waals surface area contributed by atoms with Gasteiger partial charge in [-0.25, -0.2) is 5.09 Å². The molecular weight excluding hydrogens is 205 g/mol. The molecule has 0 heterocycles. The summed E-state index contributed by atoms with van der Waals surface area (Å²) in [6.07, 6.45) is -0.166. The molecule has 14 heavy (non-hydrogen) atoms. The molecule has 0 amide bonds. The zero-order valence-corrected chi connectivity index (χ0v) is 9.99. The summed E-state index contributed by atoms with van der Waals surface area (Å²) in [7, 11) is -2.32. The fourth-order valence-electron chi connectivity index (χ4n) is 0.743. The van der Waals surface area contributed by atoms with Crippen molar-refractivity contribution in [3.63, 3.8) is 0 Å². The van der Waals surface area contributed by atoms with Gasteiger partial charge >= 0.3 is 5.97 Å². The Morgan fingerprint density at radius 2 is 2.00 bits per heavy atom. The number of rotatable bonds is 6. The molecule has 0 aromatic heterocycles. The normalized spacial score (nSPS) is 15.2. The molecule has 0 aliphatic carbocycles. The highest BCUT2D eigenvalue weighted by atomic mass is 31.1. The summed E-state index contributed by atoms with van der Waals surface area (Å²) in [6, 6.07) is -0.602. The topological polar surface area (TPSA) is 64.6 Å². The molecule has 0 aromatic rings. The summed E-state index contributed by atoms with van der Waals surface area (Å²) in [5.41, 5.74) is 0. The van der Waals surface area contributed by atoms with Crippen molar-refractivity contribution in [3.8, 4) is 0 Å². The highest BCUT2D eigenvalue weighted by molar-refractivity contribution is 7.36. The molecule has 1 unspecified atom stereocenters. The number of hydrogen-bond acceptors (Lipinski definition) is 4. The van der Waals surface area contributed by atoms with E-state index in [2.05, 4.69) is 5.09 Å². The highest BCUT2D eigenvalue weighted by Gasteiger charge is 2.17. The molecule has 0 saturated heterocycles. The zero-order chi connectivity index (χ0) is 11.1. The quantitative estimate of drug-likeness (QED) is 0.543. The number of carbonyl (C=O) groups is 1. The number of ether oxygens (including phenoxy) is 1. The molecule has 1 N–H and O–H groups in total. The molecule has 0 radical (unpaired) electrons. The lowest BCUT2D eigenvalue weighted by atomic mass is 10.4. The van der Waals surface area contributed by atoms with Gasteiger partial charge in [-0.05, 0) is 27.7 Å². The monoisotopic (exact) mass is 223 g/mol. The summed E-state index contributed by atoms with van der Waals surface area (Å²) in [6.45, 7) is 7.21. The fraction of sp³-hybridized carbons (Fsp3) is 0.875. The van der Waals surface area contributed by atoms with Gasteiger partial charge in [-0.1, -0.05) is 0 Å². The number of esters is 1. The smallest absolute Gasteiger partial charge is 0.323 e. The Kier molecular flexibility index (Phi) is 6.79. The lowest BCUT2D eigenvalue weighted by Crippen LogP contribution is -2.32. The second kappa shape index (κ2) is 6.98. The van der Waals surface area contributed by atoms with E-state index in [1.807, 2.05) is 0 Å². The van der Waals surface area contributed by atoms with Crippen LogP contribution in [0.25, 0.3) is 0 Å². The maximum atomic E-state index is 11.2.